The van der Waals surface area contributed by atoms with Crippen molar-refractivity contribution in [3.05, 3.63) is 24.0 Å². The van der Waals surface area contributed by atoms with Crippen LogP contribution in [-0.4, -0.2) is 22.6 Å². The Kier molecular flexibility index (Phi) is 3.72. The molecule has 5 heteroatoms. The molecule has 76 valence electrons. The number of hydrogen-bond acceptors (Lipinski definition) is 4. The lowest BCUT2D eigenvalue weighted by molar-refractivity contribution is 0.317. The molecule has 0 fully saturated rings. The molecule has 0 aliphatic carbocycles. The molecular weight excluding hydrogens is 182 g/mol. The summed E-state index contributed by atoms with van der Waals surface area (Å²) in [7, 11) is 0. The average molecular weight is 195 g/mol. The maximum Gasteiger partial charge on any atom is 0.145 e. The van der Waals surface area contributed by atoms with Gasteiger partial charge in [0, 0.05) is 12.3 Å². The molecule has 14 heavy (non-hydrogen) atoms. The second-order valence-electron chi connectivity index (χ2n) is 2.68. The Balaban J connectivity index is 2.73. The first kappa shape index (κ1) is 10.3. The summed E-state index contributed by atoms with van der Waals surface area (Å²) in [6.45, 7) is 2.51. The Labute approximate surface area is 82.2 Å². The molecule has 0 aliphatic heterocycles. The third kappa shape index (κ3) is 2.93. The highest BCUT2D eigenvalue weighted by Crippen LogP contribution is 2.10. The molecule has 0 radical (unpaired) electrons. The van der Waals surface area contributed by atoms with Gasteiger partial charge in [0.1, 0.15) is 11.6 Å². The summed E-state index contributed by atoms with van der Waals surface area (Å²) in [5, 5.41) is 11.2. The van der Waals surface area contributed by atoms with Gasteiger partial charge >= 0.3 is 0 Å². The Hall–Kier alpha value is -1.78. The van der Waals surface area contributed by atoms with Gasteiger partial charge in [-0.1, -0.05) is 5.16 Å². The number of ether oxygens (including phenoxy) is 1. The van der Waals surface area contributed by atoms with Crippen molar-refractivity contribution in [2.24, 2.45) is 10.9 Å². The second kappa shape index (κ2) is 5.06. The molecule has 0 spiro atoms. The molecule has 1 heterocycles. The number of hydrogen-bond donors (Lipinski definition) is 2. The van der Waals surface area contributed by atoms with Crippen LogP contribution in [0.5, 0.6) is 5.75 Å². The summed E-state index contributed by atoms with van der Waals surface area (Å²) in [6, 6.07) is 3.53. The van der Waals surface area contributed by atoms with E-state index < -0.39 is 0 Å². The highest BCUT2D eigenvalue weighted by Gasteiger charge is 2.00. The van der Waals surface area contributed by atoms with Gasteiger partial charge in [-0.25, -0.2) is 0 Å². The van der Waals surface area contributed by atoms with Gasteiger partial charge in [0.15, 0.2) is 0 Å². The molecule has 0 bridgehead atoms. The van der Waals surface area contributed by atoms with Gasteiger partial charge in [-0.15, -0.1) is 0 Å². The van der Waals surface area contributed by atoms with Crippen molar-refractivity contribution >= 4 is 5.84 Å². The van der Waals surface area contributed by atoms with E-state index in [-0.39, 0.29) is 5.84 Å². The molecule has 1 rings (SSSR count). The molecular formula is C9H13N3O2. The van der Waals surface area contributed by atoms with Gasteiger partial charge < -0.3 is 15.7 Å². The maximum absolute atomic E-state index is 8.37. The monoisotopic (exact) mass is 195 g/mol. The average Bonchev–Trinajstić information content (AvgIpc) is 2.19. The van der Waals surface area contributed by atoms with Crippen LogP contribution in [0.15, 0.2) is 23.5 Å². The van der Waals surface area contributed by atoms with Crippen LogP contribution >= 0.6 is 0 Å². The van der Waals surface area contributed by atoms with E-state index in [9.17, 15) is 0 Å². The number of nitrogens with zero attached hydrogens (tertiary/aromatic N) is 2. The third-order valence-corrected chi connectivity index (χ3v) is 1.59. The first-order valence-corrected chi connectivity index (χ1v) is 4.30. The summed E-state index contributed by atoms with van der Waals surface area (Å²) >= 11 is 0. The van der Waals surface area contributed by atoms with Crippen LogP contribution in [0.1, 0.15) is 12.6 Å². The first-order valence-electron chi connectivity index (χ1n) is 4.30. The molecule has 0 amide bonds. The first-order chi connectivity index (χ1) is 6.76. The van der Waals surface area contributed by atoms with Crippen molar-refractivity contribution in [1.82, 2.24) is 4.98 Å². The van der Waals surface area contributed by atoms with Crippen LogP contribution in [0, 0.1) is 0 Å². The fraction of sp³-hybridized carbons (Fsp3) is 0.333. The van der Waals surface area contributed by atoms with E-state index in [0.29, 0.717) is 18.7 Å². The van der Waals surface area contributed by atoms with E-state index in [2.05, 4.69) is 10.1 Å². The fourth-order valence-electron chi connectivity index (χ4n) is 1.03. The summed E-state index contributed by atoms with van der Waals surface area (Å²) in [4.78, 5) is 4.06. The lowest BCUT2D eigenvalue weighted by Gasteiger charge is -2.04. The third-order valence-electron chi connectivity index (χ3n) is 1.59. The Bertz CT molecular complexity index is 326. The molecule has 0 aliphatic rings. The Morgan fingerprint density at radius 1 is 1.71 bits per heavy atom. The van der Waals surface area contributed by atoms with Crippen molar-refractivity contribution in [3.8, 4) is 5.75 Å². The quantitative estimate of drug-likeness (QED) is 0.322. The summed E-state index contributed by atoms with van der Waals surface area (Å²) in [5.41, 5.74) is 6.06. The normalized spacial score (nSPS) is 11.4. The highest BCUT2D eigenvalue weighted by molar-refractivity contribution is 5.81. The SMILES string of the molecule is CCOc1ccnc(C/C(N)=N/O)c1. The van der Waals surface area contributed by atoms with E-state index in [1.54, 1.807) is 18.3 Å². The van der Waals surface area contributed by atoms with E-state index in [4.69, 9.17) is 15.7 Å². The lowest BCUT2D eigenvalue weighted by atomic mass is 10.2. The molecule has 1 aromatic heterocycles. The second-order valence-corrected chi connectivity index (χ2v) is 2.68. The Morgan fingerprint density at radius 3 is 3.14 bits per heavy atom. The van der Waals surface area contributed by atoms with Crippen molar-refractivity contribution in [3.63, 3.8) is 0 Å². The topological polar surface area (TPSA) is 80.7 Å². The van der Waals surface area contributed by atoms with Gasteiger partial charge in [-0.2, -0.15) is 0 Å². The fourth-order valence-corrected chi connectivity index (χ4v) is 1.03. The molecule has 0 atom stereocenters. The van der Waals surface area contributed by atoms with E-state index in [0.717, 1.165) is 5.75 Å². The number of nitrogens with two attached hydrogens (primary N) is 1. The van der Waals surface area contributed by atoms with E-state index in [1.807, 2.05) is 6.92 Å². The number of pyridine rings is 1. The van der Waals surface area contributed by atoms with Crippen LogP contribution in [0.2, 0.25) is 0 Å². The van der Waals surface area contributed by atoms with Crippen LogP contribution in [0.3, 0.4) is 0 Å². The zero-order valence-electron chi connectivity index (χ0n) is 7.97. The van der Waals surface area contributed by atoms with Crippen molar-refractivity contribution < 1.29 is 9.94 Å². The lowest BCUT2D eigenvalue weighted by Crippen LogP contribution is -2.15. The van der Waals surface area contributed by atoms with Crippen LogP contribution in [-0.2, 0) is 6.42 Å². The zero-order chi connectivity index (χ0) is 10.4. The Morgan fingerprint density at radius 2 is 2.50 bits per heavy atom. The maximum atomic E-state index is 8.37. The van der Waals surface area contributed by atoms with Crippen molar-refractivity contribution in [2.45, 2.75) is 13.3 Å². The standard InChI is InChI=1S/C9H13N3O2/c1-2-14-8-3-4-11-7(5-8)6-9(10)12-13/h3-5,13H,2,6H2,1H3,(H2,10,12). The highest BCUT2D eigenvalue weighted by atomic mass is 16.5. The number of oxime groups is 1. The summed E-state index contributed by atoms with van der Waals surface area (Å²) < 4.78 is 5.28. The van der Waals surface area contributed by atoms with Crippen LogP contribution in [0.25, 0.3) is 0 Å². The molecule has 1 aromatic rings. The van der Waals surface area contributed by atoms with Gasteiger partial charge in [-0.3, -0.25) is 4.98 Å². The van der Waals surface area contributed by atoms with Crippen LogP contribution in [0.4, 0.5) is 0 Å². The number of amidine groups is 1. The van der Waals surface area contributed by atoms with E-state index in [1.165, 1.54) is 0 Å². The smallest absolute Gasteiger partial charge is 0.145 e. The van der Waals surface area contributed by atoms with E-state index >= 15 is 0 Å². The van der Waals surface area contributed by atoms with Crippen molar-refractivity contribution in [1.29, 1.82) is 0 Å². The summed E-state index contributed by atoms with van der Waals surface area (Å²) in [5.74, 6) is 0.870. The summed E-state index contributed by atoms with van der Waals surface area (Å²) in [6.07, 6.45) is 1.95. The van der Waals surface area contributed by atoms with Crippen LogP contribution < -0.4 is 10.5 Å². The zero-order valence-corrected chi connectivity index (χ0v) is 7.97. The molecule has 0 aromatic carbocycles. The predicted molar refractivity (Wildman–Crippen MR) is 52.5 cm³/mol. The van der Waals surface area contributed by atoms with Gasteiger partial charge in [-0.05, 0) is 13.0 Å². The predicted octanol–water partition coefficient (Wildman–Crippen LogP) is 0.769. The van der Waals surface area contributed by atoms with Crippen molar-refractivity contribution in [2.75, 3.05) is 6.61 Å². The van der Waals surface area contributed by atoms with Gasteiger partial charge in [0.2, 0.25) is 0 Å². The molecule has 0 unspecified atom stereocenters. The minimum absolute atomic E-state index is 0.131. The minimum atomic E-state index is 0.131. The van der Waals surface area contributed by atoms with Gasteiger partial charge in [0.25, 0.3) is 0 Å². The molecule has 0 saturated heterocycles. The number of rotatable bonds is 4. The molecule has 5 nitrogen and oxygen atoms in total. The number of aromatic nitrogens is 1. The van der Waals surface area contributed by atoms with Gasteiger partial charge in [0.05, 0.1) is 18.7 Å². The minimum Gasteiger partial charge on any atom is -0.494 e. The largest absolute Gasteiger partial charge is 0.494 e. The molecule has 3 N–H and O–H groups in total. The molecule has 0 saturated carbocycles.